The SMILES string of the molecule is Nc1cnc(N[C@H](CO)C2CC2)nc1. The lowest BCUT2D eigenvalue weighted by molar-refractivity contribution is 0.263. The smallest absolute Gasteiger partial charge is 0.223 e. The summed E-state index contributed by atoms with van der Waals surface area (Å²) in [6, 6.07) is 0.0821. The van der Waals surface area contributed by atoms with Crippen molar-refractivity contribution in [2.24, 2.45) is 5.92 Å². The Kier molecular flexibility index (Phi) is 2.49. The van der Waals surface area contributed by atoms with Gasteiger partial charge in [0, 0.05) is 0 Å². The lowest BCUT2D eigenvalue weighted by atomic mass is 10.2. The lowest BCUT2D eigenvalue weighted by Crippen LogP contribution is -2.27. The molecular formula is C9H14N4O. The molecule has 0 radical (unpaired) electrons. The molecule has 2 rings (SSSR count). The zero-order valence-electron chi connectivity index (χ0n) is 7.85. The van der Waals surface area contributed by atoms with Gasteiger partial charge in [-0.05, 0) is 18.8 Å². The van der Waals surface area contributed by atoms with Gasteiger partial charge in [0.1, 0.15) is 0 Å². The van der Waals surface area contributed by atoms with E-state index in [0.29, 0.717) is 17.6 Å². The van der Waals surface area contributed by atoms with Crippen molar-refractivity contribution in [3.8, 4) is 0 Å². The molecule has 14 heavy (non-hydrogen) atoms. The van der Waals surface area contributed by atoms with E-state index in [-0.39, 0.29) is 12.6 Å². The number of hydrogen-bond donors (Lipinski definition) is 3. The topological polar surface area (TPSA) is 84.1 Å². The van der Waals surface area contributed by atoms with Crippen LogP contribution in [0.2, 0.25) is 0 Å². The summed E-state index contributed by atoms with van der Waals surface area (Å²) in [6.07, 6.45) is 5.45. The average molecular weight is 194 g/mol. The Morgan fingerprint density at radius 2 is 2.14 bits per heavy atom. The maximum atomic E-state index is 9.11. The fourth-order valence-electron chi connectivity index (χ4n) is 1.39. The Balaban J connectivity index is 1.98. The van der Waals surface area contributed by atoms with Gasteiger partial charge in [0.2, 0.25) is 5.95 Å². The van der Waals surface area contributed by atoms with Crippen LogP contribution in [0.1, 0.15) is 12.8 Å². The van der Waals surface area contributed by atoms with Gasteiger partial charge < -0.3 is 16.2 Å². The largest absolute Gasteiger partial charge is 0.396 e. The van der Waals surface area contributed by atoms with Gasteiger partial charge in [-0.1, -0.05) is 0 Å². The molecule has 0 spiro atoms. The minimum atomic E-state index is 0.0821. The highest BCUT2D eigenvalue weighted by Crippen LogP contribution is 2.33. The molecule has 1 saturated carbocycles. The van der Waals surface area contributed by atoms with E-state index in [1.807, 2.05) is 0 Å². The maximum absolute atomic E-state index is 9.11. The normalized spacial score (nSPS) is 17.8. The summed E-state index contributed by atoms with van der Waals surface area (Å²) < 4.78 is 0. The molecule has 1 atom stereocenters. The molecule has 5 nitrogen and oxygen atoms in total. The summed E-state index contributed by atoms with van der Waals surface area (Å²) in [5, 5.41) is 12.2. The molecule has 0 saturated heterocycles. The van der Waals surface area contributed by atoms with Crippen molar-refractivity contribution in [1.29, 1.82) is 0 Å². The molecule has 0 aromatic carbocycles. The van der Waals surface area contributed by atoms with Gasteiger partial charge in [-0.3, -0.25) is 0 Å². The summed E-state index contributed by atoms with van der Waals surface area (Å²) in [6.45, 7) is 0.123. The van der Waals surface area contributed by atoms with E-state index in [1.54, 1.807) is 12.4 Å². The predicted molar refractivity (Wildman–Crippen MR) is 53.7 cm³/mol. The summed E-state index contributed by atoms with van der Waals surface area (Å²) in [5.74, 6) is 1.10. The Morgan fingerprint density at radius 3 is 2.64 bits per heavy atom. The second kappa shape index (κ2) is 3.79. The zero-order valence-corrected chi connectivity index (χ0v) is 7.85. The van der Waals surface area contributed by atoms with Crippen molar-refractivity contribution in [3.63, 3.8) is 0 Å². The van der Waals surface area contributed by atoms with Crippen LogP contribution in [-0.2, 0) is 0 Å². The maximum Gasteiger partial charge on any atom is 0.223 e. The van der Waals surface area contributed by atoms with E-state index in [4.69, 9.17) is 10.8 Å². The third kappa shape index (κ3) is 2.11. The molecule has 1 fully saturated rings. The molecule has 1 aliphatic carbocycles. The number of rotatable bonds is 4. The highest BCUT2D eigenvalue weighted by molar-refractivity contribution is 5.36. The molecule has 5 heteroatoms. The van der Waals surface area contributed by atoms with Crippen LogP contribution >= 0.6 is 0 Å². The van der Waals surface area contributed by atoms with Gasteiger partial charge in [-0.2, -0.15) is 0 Å². The minimum absolute atomic E-state index is 0.0821. The van der Waals surface area contributed by atoms with Crippen molar-refractivity contribution in [2.75, 3.05) is 17.7 Å². The van der Waals surface area contributed by atoms with Crippen molar-refractivity contribution < 1.29 is 5.11 Å². The average Bonchev–Trinajstić information content (AvgIpc) is 3.01. The molecular weight excluding hydrogens is 180 g/mol. The summed E-state index contributed by atoms with van der Waals surface area (Å²) in [5.41, 5.74) is 6.00. The fourth-order valence-corrected chi connectivity index (χ4v) is 1.39. The Hall–Kier alpha value is -1.36. The number of aliphatic hydroxyl groups excluding tert-OH is 1. The van der Waals surface area contributed by atoms with Crippen LogP contribution in [0.5, 0.6) is 0 Å². The molecule has 0 amide bonds. The van der Waals surface area contributed by atoms with Crippen LogP contribution in [0.15, 0.2) is 12.4 Å². The minimum Gasteiger partial charge on any atom is -0.396 e. The summed E-state index contributed by atoms with van der Waals surface area (Å²) in [7, 11) is 0. The van der Waals surface area contributed by atoms with Gasteiger partial charge in [0.25, 0.3) is 0 Å². The van der Waals surface area contributed by atoms with Gasteiger partial charge >= 0.3 is 0 Å². The van der Waals surface area contributed by atoms with Crippen LogP contribution in [0.3, 0.4) is 0 Å². The molecule has 0 unspecified atom stereocenters. The monoisotopic (exact) mass is 194 g/mol. The number of aromatic nitrogens is 2. The molecule has 0 aliphatic heterocycles. The number of hydrogen-bond acceptors (Lipinski definition) is 5. The first-order valence-electron chi connectivity index (χ1n) is 4.74. The van der Waals surface area contributed by atoms with Crippen LogP contribution in [-0.4, -0.2) is 27.7 Å². The van der Waals surface area contributed by atoms with E-state index in [2.05, 4.69) is 15.3 Å². The van der Waals surface area contributed by atoms with Crippen molar-refractivity contribution in [1.82, 2.24) is 9.97 Å². The van der Waals surface area contributed by atoms with Gasteiger partial charge in [-0.15, -0.1) is 0 Å². The molecule has 1 aromatic heterocycles. The number of nitrogen functional groups attached to an aromatic ring is 1. The van der Waals surface area contributed by atoms with Crippen LogP contribution in [0.4, 0.5) is 11.6 Å². The molecule has 0 bridgehead atoms. The Morgan fingerprint density at radius 1 is 1.50 bits per heavy atom. The Bertz CT molecular complexity index is 296. The van der Waals surface area contributed by atoms with Crippen molar-refractivity contribution in [3.05, 3.63) is 12.4 Å². The zero-order chi connectivity index (χ0) is 9.97. The third-order valence-corrected chi connectivity index (χ3v) is 2.37. The fraction of sp³-hybridized carbons (Fsp3) is 0.556. The molecule has 4 N–H and O–H groups in total. The van der Waals surface area contributed by atoms with E-state index in [0.717, 1.165) is 0 Å². The molecule has 1 aromatic rings. The van der Waals surface area contributed by atoms with Crippen LogP contribution < -0.4 is 11.1 Å². The third-order valence-electron chi connectivity index (χ3n) is 2.37. The summed E-state index contributed by atoms with van der Waals surface area (Å²) in [4.78, 5) is 8.04. The summed E-state index contributed by atoms with van der Waals surface area (Å²) >= 11 is 0. The van der Waals surface area contributed by atoms with Crippen LogP contribution in [0.25, 0.3) is 0 Å². The molecule has 1 heterocycles. The standard InChI is InChI=1S/C9H14N4O/c10-7-3-11-9(12-4-7)13-8(5-14)6-1-2-6/h3-4,6,8,14H,1-2,5,10H2,(H,11,12,13)/t8-/m1/s1. The van der Waals surface area contributed by atoms with Crippen molar-refractivity contribution >= 4 is 11.6 Å². The first-order valence-corrected chi connectivity index (χ1v) is 4.74. The van der Waals surface area contributed by atoms with E-state index in [1.165, 1.54) is 12.8 Å². The highest BCUT2D eigenvalue weighted by Gasteiger charge is 2.30. The number of anilines is 2. The lowest BCUT2D eigenvalue weighted by Gasteiger charge is -2.14. The molecule has 1 aliphatic rings. The first kappa shape index (κ1) is 9.21. The number of nitrogens with one attached hydrogen (secondary N) is 1. The van der Waals surface area contributed by atoms with E-state index >= 15 is 0 Å². The Labute approximate surface area is 82.4 Å². The van der Waals surface area contributed by atoms with Gasteiger partial charge in [0.15, 0.2) is 0 Å². The van der Waals surface area contributed by atoms with Crippen LogP contribution in [0, 0.1) is 5.92 Å². The molecule has 76 valence electrons. The highest BCUT2D eigenvalue weighted by atomic mass is 16.3. The predicted octanol–water partition coefficient (Wildman–Crippen LogP) is 0.242. The second-order valence-electron chi connectivity index (χ2n) is 3.61. The van der Waals surface area contributed by atoms with Gasteiger partial charge in [-0.25, -0.2) is 9.97 Å². The number of aliphatic hydroxyl groups is 1. The first-order chi connectivity index (χ1) is 6.79. The second-order valence-corrected chi connectivity index (χ2v) is 3.61. The van der Waals surface area contributed by atoms with Gasteiger partial charge in [0.05, 0.1) is 30.7 Å². The van der Waals surface area contributed by atoms with E-state index in [9.17, 15) is 0 Å². The number of nitrogens with two attached hydrogens (primary N) is 1. The quantitative estimate of drug-likeness (QED) is 0.639. The van der Waals surface area contributed by atoms with Crippen molar-refractivity contribution in [2.45, 2.75) is 18.9 Å². The van der Waals surface area contributed by atoms with E-state index < -0.39 is 0 Å². The number of nitrogens with zero attached hydrogens (tertiary/aromatic N) is 2.